The van der Waals surface area contributed by atoms with Gasteiger partial charge in [0.05, 0.1) is 0 Å². The molecule has 0 unspecified atom stereocenters. The Balaban J connectivity index is 0.000000181. The molecule has 0 aromatic carbocycles. The molecule has 0 aromatic rings. The molecule has 0 amide bonds. The molecule has 2 rings (SSSR count). The summed E-state index contributed by atoms with van der Waals surface area (Å²) < 4.78 is 0. The third-order valence-electron chi connectivity index (χ3n) is 3.95. The fraction of sp³-hybridized carbons (Fsp3) is 1.00. The first-order valence-corrected chi connectivity index (χ1v) is 7.63. The Labute approximate surface area is 108 Å². The number of rotatable bonds is 1. The lowest BCUT2D eigenvalue weighted by Crippen LogP contribution is -2.31. The Morgan fingerprint density at radius 2 is 1.06 bits per heavy atom. The van der Waals surface area contributed by atoms with Crippen molar-refractivity contribution in [2.45, 2.75) is 64.8 Å². The zero-order chi connectivity index (χ0) is 12.5. The molecular formula is C15H32N2. The standard InChI is InChI=1S/C9H19N.C6H13N/c1-9(2)10-7-5-3-4-6-8-10;1-7-5-3-2-4-6-7/h9H,3-8H2,1-2H3;2-6H2,1H3. The van der Waals surface area contributed by atoms with Crippen LogP contribution in [-0.2, 0) is 0 Å². The molecule has 2 fully saturated rings. The van der Waals surface area contributed by atoms with Crippen LogP contribution in [0.2, 0.25) is 0 Å². The van der Waals surface area contributed by atoms with Crippen molar-refractivity contribution < 1.29 is 0 Å². The predicted octanol–water partition coefficient (Wildman–Crippen LogP) is 3.37. The van der Waals surface area contributed by atoms with E-state index in [1.807, 2.05) is 0 Å². The number of hydrogen-bond donors (Lipinski definition) is 0. The van der Waals surface area contributed by atoms with Gasteiger partial charge in [0.1, 0.15) is 0 Å². The Bertz CT molecular complexity index is 166. The van der Waals surface area contributed by atoms with Crippen LogP contribution in [0.4, 0.5) is 0 Å². The summed E-state index contributed by atoms with van der Waals surface area (Å²) in [6, 6.07) is 0.762. The summed E-state index contributed by atoms with van der Waals surface area (Å²) in [6.07, 6.45) is 10.0. The molecule has 0 aliphatic carbocycles. The van der Waals surface area contributed by atoms with Gasteiger partial charge in [-0.15, -0.1) is 0 Å². The molecule has 17 heavy (non-hydrogen) atoms. The highest BCUT2D eigenvalue weighted by Crippen LogP contribution is 2.11. The molecular weight excluding hydrogens is 208 g/mol. The average Bonchev–Trinajstić information content (AvgIpc) is 2.59. The smallest absolute Gasteiger partial charge is 0.00385 e. The zero-order valence-corrected chi connectivity index (χ0v) is 12.2. The summed E-state index contributed by atoms with van der Waals surface area (Å²) in [5.41, 5.74) is 0. The Hall–Kier alpha value is -0.0800. The average molecular weight is 240 g/mol. The topological polar surface area (TPSA) is 6.48 Å². The summed E-state index contributed by atoms with van der Waals surface area (Å²) >= 11 is 0. The van der Waals surface area contributed by atoms with E-state index in [1.54, 1.807) is 0 Å². The summed E-state index contributed by atoms with van der Waals surface area (Å²) in [5.74, 6) is 0. The van der Waals surface area contributed by atoms with Gasteiger partial charge in [0, 0.05) is 6.04 Å². The molecule has 2 nitrogen and oxygen atoms in total. The highest BCUT2D eigenvalue weighted by Gasteiger charge is 2.10. The second-order valence-corrected chi connectivity index (χ2v) is 5.91. The molecule has 2 aliphatic heterocycles. The molecule has 2 heteroatoms. The van der Waals surface area contributed by atoms with Crippen LogP contribution in [-0.4, -0.2) is 49.1 Å². The van der Waals surface area contributed by atoms with Crippen LogP contribution < -0.4 is 0 Å². The SMILES string of the molecule is CC(C)N1CCCCCC1.CN1CCCCC1. The maximum atomic E-state index is 2.59. The minimum atomic E-state index is 0.762. The van der Waals surface area contributed by atoms with Crippen molar-refractivity contribution in [3.8, 4) is 0 Å². The van der Waals surface area contributed by atoms with Crippen LogP contribution >= 0.6 is 0 Å². The Kier molecular flexibility index (Phi) is 7.87. The molecule has 0 saturated carbocycles. The maximum absolute atomic E-state index is 2.59. The number of nitrogens with zero attached hydrogens (tertiary/aromatic N) is 2. The molecule has 2 saturated heterocycles. The number of hydrogen-bond acceptors (Lipinski definition) is 2. The Morgan fingerprint density at radius 1 is 0.647 bits per heavy atom. The first kappa shape index (κ1) is 15.0. The minimum Gasteiger partial charge on any atom is -0.306 e. The van der Waals surface area contributed by atoms with Gasteiger partial charge < -0.3 is 9.80 Å². The van der Waals surface area contributed by atoms with E-state index < -0.39 is 0 Å². The van der Waals surface area contributed by atoms with E-state index in [2.05, 4.69) is 30.7 Å². The molecule has 102 valence electrons. The van der Waals surface area contributed by atoms with Gasteiger partial charge in [0.2, 0.25) is 0 Å². The highest BCUT2D eigenvalue weighted by atomic mass is 15.1. The van der Waals surface area contributed by atoms with Crippen LogP contribution in [0.5, 0.6) is 0 Å². The van der Waals surface area contributed by atoms with Gasteiger partial charge in [-0.05, 0) is 72.8 Å². The van der Waals surface area contributed by atoms with Gasteiger partial charge in [0.25, 0.3) is 0 Å². The summed E-state index contributed by atoms with van der Waals surface area (Å²) in [5, 5.41) is 0. The summed E-state index contributed by atoms with van der Waals surface area (Å²) in [7, 11) is 2.19. The van der Waals surface area contributed by atoms with Crippen LogP contribution in [0, 0.1) is 0 Å². The van der Waals surface area contributed by atoms with Gasteiger partial charge in [-0.2, -0.15) is 0 Å². The van der Waals surface area contributed by atoms with E-state index in [4.69, 9.17) is 0 Å². The van der Waals surface area contributed by atoms with Gasteiger partial charge in [-0.25, -0.2) is 0 Å². The lowest BCUT2D eigenvalue weighted by Gasteiger charge is -2.23. The number of piperidine rings is 1. The zero-order valence-electron chi connectivity index (χ0n) is 12.2. The highest BCUT2D eigenvalue weighted by molar-refractivity contribution is 4.66. The lowest BCUT2D eigenvalue weighted by atomic mass is 10.1. The molecule has 0 bridgehead atoms. The second kappa shape index (κ2) is 8.93. The van der Waals surface area contributed by atoms with Gasteiger partial charge >= 0.3 is 0 Å². The van der Waals surface area contributed by atoms with Crippen molar-refractivity contribution in [2.24, 2.45) is 0 Å². The molecule has 2 aliphatic rings. The van der Waals surface area contributed by atoms with E-state index in [9.17, 15) is 0 Å². The molecule has 0 aromatic heterocycles. The third kappa shape index (κ3) is 7.05. The molecule has 0 N–H and O–H groups in total. The van der Waals surface area contributed by atoms with Crippen LogP contribution in [0.3, 0.4) is 0 Å². The van der Waals surface area contributed by atoms with E-state index in [0.717, 1.165) is 6.04 Å². The van der Waals surface area contributed by atoms with Crippen molar-refractivity contribution >= 4 is 0 Å². The molecule has 0 spiro atoms. The van der Waals surface area contributed by atoms with E-state index in [0.29, 0.717) is 0 Å². The van der Waals surface area contributed by atoms with Crippen LogP contribution in [0.15, 0.2) is 0 Å². The van der Waals surface area contributed by atoms with E-state index in [1.165, 1.54) is 71.1 Å². The van der Waals surface area contributed by atoms with Crippen molar-refractivity contribution in [2.75, 3.05) is 33.2 Å². The van der Waals surface area contributed by atoms with Crippen molar-refractivity contribution in [1.82, 2.24) is 9.80 Å². The van der Waals surface area contributed by atoms with Gasteiger partial charge in [-0.3, -0.25) is 0 Å². The Morgan fingerprint density at radius 3 is 1.41 bits per heavy atom. The monoisotopic (exact) mass is 240 g/mol. The predicted molar refractivity (Wildman–Crippen MR) is 76.5 cm³/mol. The van der Waals surface area contributed by atoms with E-state index in [-0.39, 0.29) is 0 Å². The fourth-order valence-corrected chi connectivity index (χ4v) is 2.66. The van der Waals surface area contributed by atoms with Gasteiger partial charge in [0.15, 0.2) is 0 Å². The first-order valence-electron chi connectivity index (χ1n) is 7.63. The number of likely N-dealkylation sites (tertiary alicyclic amines) is 2. The quantitative estimate of drug-likeness (QED) is 0.693. The van der Waals surface area contributed by atoms with Crippen molar-refractivity contribution in [1.29, 1.82) is 0 Å². The van der Waals surface area contributed by atoms with Gasteiger partial charge in [-0.1, -0.05) is 19.3 Å². The second-order valence-electron chi connectivity index (χ2n) is 5.91. The maximum Gasteiger partial charge on any atom is 0.00385 e. The molecule has 0 atom stereocenters. The lowest BCUT2D eigenvalue weighted by molar-refractivity contribution is 0.231. The fourth-order valence-electron chi connectivity index (χ4n) is 2.66. The minimum absolute atomic E-state index is 0.762. The van der Waals surface area contributed by atoms with Crippen LogP contribution in [0.25, 0.3) is 0 Å². The third-order valence-corrected chi connectivity index (χ3v) is 3.95. The molecule has 2 heterocycles. The largest absolute Gasteiger partial charge is 0.306 e. The summed E-state index contributed by atoms with van der Waals surface area (Å²) in [6.45, 7) is 9.89. The van der Waals surface area contributed by atoms with E-state index >= 15 is 0 Å². The van der Waals surface area contributed by atoms with Crippen LogP contribution in [0.1, 0.15) is 58.8 Å². The summed E-state index contributed by atoms with van der Waals surface area (Å²) in [4.78, 5) is 4.98. The normalized spacial score (nSPS) is 24.0. The first-order chi connectivity index (χ1) is 8.20. The van der Waals surface area contributed by atoms with Crippen molar-refractivity contribution in [3.05, 3.63) is 0 Å². The van der Waals surface area contributed by atoms with Crippen molar-refractivity contribution in [3.63, 3.8) is 0 Å². The molecule has 0 radical (unpaired) electrons.